The van der Waals surface area contributed by atoms with Gasteiger partial charge in [-0.1, -0.05) is 6.07 Å². The summed E-state index contributed by atoms with van der Waals surface area (Å²) < 4.78 is 0. The topological polar surface area (TPSA) is 29.1 Å². The van der Waals surface area contributed by atoms with Crippen molar-refractivity contribution in [3.8, 4) is 0 Å². The summed E-state index contributed by atoms with van der Waals surface area (Å²) in [6.45, 7) is 0. The van der Waals surface area contributed by atoms with Gasteiger partial charge in [0.1, 0.15) is 0 Å². The first-order chi connectivity index (χ1) is 10.2. The van der Waals surface area contributed by atoms with Crippen molar-refractivity contribution in [2.24, 2.45) is 17.8 Å². The smallest absolute Gasteiger partial charge is 0.220 e. The first kappa shape index (κ1) is 13.8. The zero-order valence-corrected chi connectivity index (χ0v) is 13.5. The molecule has 0 radical (unpaired) electrons. The van der Waals surface area contributed by atoms with E-state index < -0.39 is 0 Å². The average molecular weight is 303 g/mol. The van der Waals surface area contributed by atoms with Crippen molar-refractivity contribution in [2.75, 3.05) is 0 Å². The van der Waals surface area contributed by atoms with E-state index >= 15 is 0 Å². The second-order valence-electron chi connectivity index (χ2n) is 7.68. The number of hydrogen-bond acceptors (Lipinski definition) is 2. The first-order valence-corrected chi connectivity index (χ1v) is 9.42. The molecule has 1 heterocycles. The molecule has 0 atom stereocenters. The van der Waals surface area contributed by atoms with Crippen LogP contribution in [-0.4, -0.2) is 11.4 Å². The van der Waals surface area contributed by atoms with Crippen LogP contribution in [-0.2, 0) is 11.2 Å². The molecule has 0 spiro atoms. The molecule has 1 N–H and O–H groups in total. The first-order valence-electron chi connectivity index (χ1n) is 8.54. The SMILES string of the molecule is O=C(CCCc1cccs1)NC12CC3CC(CC(C3)C1)C2. The van der Waals surface area contributed by atoms with Crippen LogP contribution in [0.1, 0.15) is 56.2 Å². The summed E-state index contributed by atoms with van der Waals surface area (Å²) in [5.41, 5.74) is 0.189. The molecule has 4 bridgehead atoms. The van der Waals surface area contributed by atoms with E-state index in [-0.39, 0.29) is 5.54 Å². The summed E-state index contributed by atoms with van der Waals surface area (Å²) in [5, 5.41) is 5.59. The molecule has 5 rings (SSSR count). The van der Waals surface area contributed by atoms with Crippen LogP contribution >= 0.6 is 11.3 Å². The Morgan fingerprint density at radius 3 is 2.43 bits per heavy atom. The van der Waals surface area contributed by atoms with Crippen molar-refractivity contribution in [2.45, 2.75) is 63.3 Å². The number of carbonyl (C=O) groups excluding carboxylic acids is 1. The molecule has 4 aliphatic rings. The van der Waals surface area contributed by atoms with Crippen LogP contribution in [0.3, 0.4) is 0 Å². The Morgan fingerprint density at radius 1 is 1.19 bits per heavy atom. The van der Waals surface area contributed by atoms with Crippen LogP contribution in [0.5, 0.6) is 0 Å². The number of carbonyl (C=O) groups is 1. The van der Waals surface area contributed by atoms with Crippen LogP contribution in [0, 0.1) is 17.8 Å². The quantitative estimate of drug-likeness (QED) is 0.869. The molecule has 0 unspecified atom stereocenters. The third-order valence-corrected chi connectivity index (χ3v) is 6.79. The lowest BCUT2D eigenvalue weighted by atomic mass is 9.53. The summed E-state index contributed by atoms with van der Waals surface area (Å²) in [4.78, 5) is 13.7. The second kappa shape index (κ2) is 5.42. The number of thiophene rings is 1. The molecule has 2 nitrogen and oxygen atoms in total. The van der Waals surface area contributed by atoms with Crippen molar-refractivity contribution in [1.29, 1.82) is 0 Å². The van der Waals surface area contributed by atoms with Gasteiger partial charge in [-0.15, -0.1) is 11.3 Å². The van der Waals surface area contributed by atoms with Crippen molar-refractivity contribution in [1.82, 2.24) is 5.32 Å². The lowest BCUT2D eigenvalue weighted by molar-refractivity contribution is -0.126. The Balaban J connectivity index is 1.30. The van der Waals surface area contributed by atoms with Crippen molar-refractivity contribution >= 4 is 17.2 Å². The monoisotopic (exact) mass is 303 g/mol. The molecule has 1 aromatic heterocycles. The highest BCUT2D eigenvalue weighted by Gasteiger charge is 2.51. The van der Waals surface area contributed by atoms with Crippen molar-refractivity contribution in [3.05, 3.63) is 22.4 Å². The molecule has 4 saturated carbocycles. The van der Waals surface area contributed by atoms with Gasteiger partial charge in [0.25, 0.3) is 0 Å². The highest BCUT2D eigenvalue weighted by molar-refractivity contribution is 7.09. The standard InChI is InChI=1S/C18H25NOS/c20-17(5-1-3-16-4-2-6-21-16)19-18-10-13-7-14(11-18)9-15(8-13)12-18/h2,4,6,13-15H,1,3,5,7-12H2,(H,19,20). The molecule has 1 amide bonds. The maximum Gasteiger partial charge on any atom is 0.220 e. The van der Waals surface area contributed by atoms with E-state index in [0.29, 0.717) is 12.3 Å². The molecule has 4 aliphatic carbocycles. The summed E-state index contributed by atoms with van der Waals surface area (Å²) in [7, 11) is 0. The fraction of sp³-hybridized carbons (Fsp3) is 0.722. The Morgan fingerprint density at radius 2 is 1.86 bits per heavy atom. The van der Waals surface area contributed by atoms with Gasteiger partial charge < -0.3 is 5.32 Å². The van der Waals surface area contributed by atoms with Crippen molar-refractivity contribution < 1.29 is 4.79 Å². The van der Waals surface area contributed by atoms with E-state index in [1.165, 1.54) is 43.4 Å². The Kier molecular flexibility index (Phi) is 3.56. The normalized spacial score (nSPS) is 36.9. The van der Waals surface area contributed by atoms with Gasteiger partial charge in [0.05, 0.1) is 0 Å². The van der Waals surface area contributed by atoms with Crippen LogP contribution in [0.15, 0.2) is 17.5 Å². The number of hydrogen-bond donors (Lipinski definition) is 1. The minimum Gasteiger partial charge on any atom is -0.351 e. The van der Waals surface area contributed by atoms with Gasteiger partial charge in [-0.3, -0.25) is 4.79 Å². The number of aryl methyl sites for hydroxylation is 1. The second-order valence-corrected chi connectivity index (χ2v) is 8.71. The van der Waals surface area contributed by atoms with Gasteiger partial charge in [0, 0.05) is 16.8 Å². The van der Waals surface area contributed by atoms with E-state index in [2.05, 4.69) is 22.8 Å². The van der Waals surface area contributed by atoms with Gasteiger partial charge in [-0.05, 0) is 80.6 Å². The van der Waals surface area contributed by atoms with E-state index in [4.69, 9.17) is 0 Å². The van der Waals surface area contributed by atoms with E-state index in [1.54, 1.807) is 11.3 Å². The average Bonchev–Trinajstić information content (AvgIpc) is 2.89. The fourth-order valence-corrected chi connectivity index (χ4v) is 6.25. The molecule has 21 heavy (non-hydrogen) atoms. The third kappa shape index (κ3) is 2.90. The Bertz CT molecular complexity index is 472. The van der Waals surface area contributed by atoms with E-state index in [9.17, 15) is 4.79 Å². The largest absolute Gasteiger partial charge is 0.351 e. The maximum atomic E-state index is 12.3. The summed E-state index contributed by atoms with van der Waals surface area (Å²) in [6.07, 6.45) is 10.8. The zero-order chi connectivity index (χ0) is 14.3. The minimum atomic E-state index is 0.189. The predicted octanol–water partition coefficient (Wildman–Crippen LogP) is 4.16. The Labute approximate surface area is 131 Å². The van der Waals surface area contributed by atoms with Crippen molar-refractivity contribution in [3.63, 3.8) is 0 Å². The number of rotatable bonds is 5. The van der Waals surface area contributed by atoms with Crippen LogP contribution in [0.25, 0.3) is 0 Å². The lowest BCUT2D eigenvalue weighted by Crippen LogP contribution is -2.59. The van der Waals surface area contributed by atoms with Crippen LogP contribution in [0.2, 0.25) is 0 Å². The number of amides is 1. The van der Waals surface area contributed by atoms with E-state index in [1.807, 2.05) is 0 Å². The molecule has 0 saturated heterocycles. The number of nitrogens with one attached hydrogen (secondary N) is 1. The molecule has 0 aromatic carbocycles. The predicted molar refractivity (Wildman–Crippen MR) is 86.3 cm³/mol. The summed E-state index contributed by atoms with van der Waals surface area (Å²) in [6, 6.07) is 4.26. The zero-order valence-electron chi connectivity index (χ0n) is 12.6. The molecule has 1 aromatic rings. The van der Waals surface area contributed by atoms with Gasteiger partial charge in [0.2, 0.25) is 5.91 Å². The van der Waals surface area contributed by atoms with E-state index in [0.717, 1.165) is 30.6 Å². The maximum absolute atomic E-state index is 12.3. The van der Waals surface area contributed by atoms with Gasteiger partial charge in [-0.2, -0.15) is 0 Å². The molecule has 3 heteroatoms. The van der Waals surface area contributed by atoms with Gasteiger partial charge >= 0.3 is 0 Å². The molecular formula is C18H25NOS. The Hall–Kier alpha value is -0.830. The lowest BCUT2D eigenvalue weighted by Gasteiger charge is -2.56. The fourth-order valence-electron chi connectivity index (χ4n) is 5.50. The van der Waals surface area contributed by atoms with Gasteiger partial charge in [0.15, 0.2) is 0 Å². The van der Waals surface area contributed by atoms with Crippen LogP contribution < -0.4 is 5.32 Å². The molecule has 0 aliphatic heterocycles. The summed E-state index contributed by atoms with van der Waals surface area (Å²) in [5.74, 6) is 3.02. The molecule has 114 valence electrons. The molecular weight excluding hydrogens is 278 g/mol. The highest BCUT2D eigenvalue weighted by atomic mass is 32.1. The third-order valence-electron chi connectivity index (χ3n) is 5.85. The highest BCUT2D eigenvalue weighted by Crippen LogP contribution is 2.55. The summed E-state index contributed by atoms with van der Waals surface area (Å²) >= 11 is 1.80. The van der Waals surface area contributed by atoms with Gasteiger partial charge in [-0.25, -0.2) is 0 Å². The molecule has 4 fully saturated rings. The van der Waals surface area contributed by atoms with Crippen LogP contribution in [0.4, 0.5) is 0 Å². The minimum absolute atomic E-state index is 0.189.